The number of halogens is 3. The van der Waals surface area contributed by atoms with Crippen LogP contribution in [0.25, 0.3) is 6.08 Å². The SMILES string of the molecule is Nc1cc(N)cc(C(=O)OCCOCCOCCOC(=O)C=Cc2ccc(OC(=O)c3ccc(OCC(F)(F)F)cc3)cc2)c1. The molecular weight excluding hydrogens is 601 g/mol. The average Bonchev–Trinajstić information content (AvgIpc) is 3.00. The Labute approximate surface area is 256 Å². The molecule has 0 amide bonds. The molecule has 0 saturated heterocycles. The zero-order valence-electron chi connectivity index (χ0n) is 23.9. The van der Waals surface area contributed by atoms with E-state index in [0.29, 0.717) is 16.9 Å². The van der Waals surface area contributed by atoms with Gasteiger partial charge in [-0.15, -0.1) is 0 Å². The lowest BCUT2D eigenvalue weighted by Gasteiger charge is -2.09. The van der Waals surface area contributed by atoms with Crippen LogP contribution in [-0.4, -0.2) is 70.3 Å². The molecule has 0 fully saturated rings. The van der Waals surface area contributed by atoms with Crippen LogP contribution in [0.2, 0.25) is 0 Å². The van der Waals surface area contributed by atoms with Crippen LogP contribution in [0.1, 0.15) is 26.3 Å². The first-order valence-corrected chi connectivity index (χ1v) is 13.4. The number of ether oxygens (including phenoxy) is 6. The van der Waals surface area contributed by atoms with Gasteiger partial charge in [-0.1, -0.05) is 12.1 Å². The van der Waals surface area contributed by atoms with E-state index < -0.39 is 30.7 Å². The van der Waals surface area contributed by atoms with Gasteiger partial charge in [0.15, 0.2) is 6.61 Å². The molecule has 0 aliphatic heterocycles. The number of anilines is 2. The van der Waals surface area contributed by atoms with E-state index in [-0.39, 0.29) is 62.3 Å². The van der Waals surface area contributed by atoms with Crippen molar-refractivity contribution >= 4 is 35.4 Å². The maximum atomic E-state index is 12.3. The molecule has 3 aromatic rings. The Morgan fingerprint density at radius 3 is 1.82 bits per heavy atom. The van der Waals surface area contributed by atoms with E-state index in [1.807, 2.05) is 0 Å². The molecule has 11 nitrogen and oxygen atoms in total. The Morgan fingerprint density at radius 2 is 1.22 bits per heavy atom. The second-order valence-electron chi connectivity index (χ2n) is 9.14. The van der Waals surface area contributed by atoms with E-state index in [9.17, 15) is 27.6 Å². The van der Waals surface area contributed by atoms with Crippen molar-refractivity contribution in [2.75, 3.05) is 57.7 Å². The summed E-state index contributed by atoms with van der Waals surface area (Å²) < 4.78 is 67.4. The Bertz CT molecular complexity index is 1420. The van der Waals surface area contributed by atoms with E-state index in [1.54, 1.807) is 12.1 Å². The van der Waals surface area contributed by atoms with Gasteiger partial charge in [-0.05, 0) is 66.2 Å². The van der Waals surface area contributed by atoms with Gasteiger partial charge in [0, 0.05) is 17.5 Å². The van der Waals surface area contributed by atoms with Crippen molar-refractivity contribution in [3.8, 4) is 11.5 Å². The number of nitrogens with two attached hydrogens (primary N) is 2. The fourth-order valence-corrected chi connectivity index (χ4v) is 3.47. The van der Waals surface area contributed by atoms with Crippen molar-refractivity contribution in [2.24, 2.45) is 0 Å². The molecule has 0 heterocycles. The van der Waals surface area contributed by atoms with Gasteiger partial charge in [-0.2, -0.15) is 13.2 Å². The summed E-state index contributed by atoms with van der Waals surface area (Å²) in [7, 11) is 0. The Balaban J connectivity index is 1.24. The van der Waals surface area contributed by atoms with Gasteiger partial charge in [0.2, 0.25) is 0 Å². The van der Waals surface area contributed by atoms with E-state index in [0.717, 1.165) is 0 Å². The van der Waals surface area contributed by atoms with Crippen LogP contribution < -0.4 is 20.9 Å². The van der Waals surface area contributed by atoms with Crippen LogP contribution >= 0.6 is 0 Å². The number of rotatable bonds is 16. The molecule has 240 valence electrons. The zero-order valence-corrected chi connectivity index (χ0v) is 23.9. The van der Waals surface area contributed by atoms with Gasteiger partial charge in [0.05, 0.1) is 37.6 Å². The molecule has 14 heteroatoms. The second-order valence-corrected chi connectivity index (χ2v) is 9.14. The van der Waals surface area contributed by atoms with E-state index in [2.05, 4.69) is 4.74 Å². The minimum absolute atomic E-state index is 0.0223. The maximum Gasteiger partial charge on any atom is 0.422 e. The van der Waals surface area contributed by atoms with Crippen LogP contribution in [0.4, 0.5) is 24.5 Å². The summed E-state index contributed by atoms with van der Waals surface area (Å²) in [6.45, 7) is -0.576. The van der Waals surface area contributed by atoms with Crippen molar-refractivity contribution in [2.45, 2.75) is 6.18 Å². The molecule has 0 saturated carbocycles. The molecule has 0 unspecified atom stereocenters. The molecule has 4 N–H and O–H groups in total. The number of nitrogen functional groups attached to an aromatic ring is 2. The van der Waals surface area contributed by atoms with Gasteiger partial charge < -0.3 is 39.9 Å². The zero-order chi connectivity index (χ0) is 32.7. The van der Waals surface area contributed by atoms with E-state index >= 15 is 0 Å². The normalized spacial score (nSPS) is 11.3. The molecule has 3 aromatic carbocycles. The second kappa shape index (κ2) is 17.3. The smallest absolute Gasteiger partial charge is 0.422 e. The van der Waals surface area contributed by atoms with Crippen molar-refractivity contribution in [1.82, 2.24) is 0 Å². The number of alkyl halides is 3. The third-order valence-corrected chi connectivity index (χ3v) is 5.51. The highest BCUT2D eigenvalue weighted by Crippen LogP contribution is 2.20. The summed E-state index contributed by atoms with van der Waals surface area (Å²) in [4.78, 5) is 36.2. The van der Waals surface area contributed by atoms with Crippen molar-refractivity contribution < 1.29 is 56.0 Å². The highest BCUT2D eigenvalue weighted by molar-refractivity contribution is 5.92. The summed E-state index contributed by atoms with van der Waals surface area (Å²) >= 11 is 0. The summed E-state index contributed by atoms with van der Waals surface area (Å²) in [6, 6.07) is 15.8. The molecule has 0 aromatic heterocycles. The number of hydrogen-bond acceptors (Lipinski definition) is 11. The highest BCUT2D eigenvalue weighted by atomic mass is 19.4. The van der Waals surface area contributed by atoms with Gasteiger partial charge in [0.1, 0.15) is 24.7 Å². The molecule has 0 atom stereocenters. The van der Waals surface area contributed by atoms with Gasteiger partial charge in [0.25, 0.3) is 0 Å². The van der Waals surface area contributed by atoms with Crippen molar-refractivity contribution in [3.63, 3.8) is 0 Å². The molecule has 0 bridgehead atoms. The standard InChI is InChI=1S/C31H31F3N2O9/c32-31(33,34)20-44-26-8-4-22(5-9-26)30(39)45-27-6-1-21(2-7-27)3-10-28(37)42-15-13-40-11-12-41-14-16-43-29(38)23-17-24(35)19-25(36)18-23/h1-10,17-19H,11-16,20,35-36H2. The summed E-state index contributed by atoms with van der Waals surface area (Å²) in [6.07, 6.45) is -1.73. The summed E-state index contributed by atoms with van der Waals surface area (Å²) in [5.74, 6) is -1.67. The Hall–Kier alpha value is -5.08. The monoisotopic (exact) mass is 632 g/mol. The van der Waals surface area contributed by atoms with Crippen molar-refractivity contribution in [3.05, 3.63) is 89.5 Å². The molecule has 45 heavy (non-hydrogen) atoms. The molecule has 0 radical (unpaired) electrons. The third-order valence-electron chi connectivity index (χ3n) is 5.51. The Kier molecular flexibility index (Phi) is 13.2. The lowest BCUT2D eigenvalue weighted by molar-refractivity contribution is -0.153. The van der Waals surface area contributed by atoms with Gasteiger partial charge in [-0.3, -0.25) is 0 Å². The minimum atomic E-state index is -4.47. The van der Waals surface area contributed by atoms with Gasteiger partial charge in [-0.25, -0.2) is 14.4 Å². The number of carbonyl (C=O) groups excluding carboxylic acids is 3. The summed E-state index contributed by atoms with van der Waals surface area (Å²) in [5.41, 5.74) is 13.0. The van der Waals surface area contributed by atoms with E-state index in [4.69, 9.17) is 35.2 Å². The predicted octanol–water partition coefficient (Wildman–Crippen LogP) is 4.46. The lowest BCUT2D eigenvalue weighted by Crippen LogP contribution is -2.19. The number of esters is 3. The number of hydrogen-bond donors (Lipinski definition) is 2. The molecular formula is C31H31F3N2O9. The van der Waals surface area contributed by atoms with Crippen LogP contribution in [0.5, 0.6) is 11.5 Å². The third kappa shape index (κ3) is 13.4. The fourth-order valence-electron chi connectivity index (χ4n) is 3.47. The first kappa shape index (κ1) is 34.4. The minimum Gasteiger partial charge on any atom is -0.484 e. The van der Waals surface area contributed by atoms with Crippen LogP contribution in [0, 0.1) is 0 Å². The fraction of sp³-hybridized carbons (Fsp3) is 0.258. The predicted molar refractivity (Wildman–Crippen MR) is 157 cm³/mol. The first-order valence-electron chi connectivity index (χ1n) is 13.4. The number of benzene rings is 3. The van der Waals surface area contributed by atoms with Crippen LogP contribution in [0.3, 0.4) is 0 Å². The lowest BCUT2D eigenvalue weighted by atomic mass is 10.2. The number of carbonyl (C=O) groups is 3. The quantitative estimate of drug-likeness (QED) is 0.0755. The largest absolute Gasteiger partial charge is 0.484 e. The first-order chi connectivity index (χ1) is 21.5. The van der Waals surface area contributed by atoms with E-state index in [1.165, 1.54) is 66.7 Å². The molecule has 0 spiro atoms. The van der Waals surface area contributed by atoms with Crippen LogP contribution in [-0.2, 0) is 23.7 Å². The van der Waals surface area contributed by atoms with Crippen molar-refractivity contribution in [1.29, 1.82) is 0 Å². The molecule has 3 rings (SSSR count). The van der Waals surface area contributed by atoms with Crippen LogP contribution in [0.15, 0.2) is 72.8 Å². The highest BCUT2D eigenvalue weighted by Gasteiger charge is 2.28. The molecule has 0 aliphatic rings. The summed E-state index contributed by atoms with van der Waals surface area (Å²) in [5, 5.41) is 0. The Morgan fingerprint density at radius 1 is 0.667 bits per heavy atom. The average molecular weight is 633 g/mol. The van der Waals surface area contributed by atoms with Gasteiger partial charge >= 0.3 is 24.1 Å². The maximum absolute atomic E-state index is 12.3. The topological polar surface area (TPSA) is 159 Å². The molecule has 0 aliphatic carbocycles.